The highest BCUT2D eigenvalue weighted by molar-refractivity contribution is 6.06. The summed E-state index contributed by atoms with van der Waals surface area (Å²) in [6, 6.07) is 15.0. The predicted molar refractivity (Wildman–Crippen MR) is 77.0 cm³/mol. The van der Waals surface area contributed by atoms with Crippen molar-refractivity contribution in [1.82, 2.24) is 0 Å². The first kappa shape index (κ1) is 13.1. The Labute approximate surface area is 113 Å². The van der Waals surface area contributed by atoms with Gasteiger partial charge in [0.1, 0.15) is 12.0 Å². The number of aldehydes is 1. The lowest BCUT2D eigenvalue weighted by Gasteiger charge is -2.04. The van der Waals surface area contributed by atoms with E-state index in [0.717, 1.165) is 23.0 Å². The number of phenolic OH excluding ortho intramolecular Hbond substituents is 1. The Bertz CT molecular complexity index is 598. The van der Waals surface area contributed by atoms with Gasteiger partial charge >= 0.3 is 0 Å². The van der Waals surface area contributed by atoms with Crippen LogP contribution >= 0.6 is 0 Å². The van der Waals surface area contributed by atoms with Gasteiger partial charge in [0.25, 0.3) is 0 Å². The lowest BCUT2D eigenvalue weighted by Crippen LogP contribution is -1.89. The lowest BCUT2D eigenvalue weighted by molar-refractivity contribution is -0.103. The summed E-state index contributed by atoms with van der Waals surface area (Å²) >= 11 is 0. The zero-order valence-corrected chi connectivity index (χ0v) is 10.8. The molecule has 0 heterocycles. The fraction of sp³-hybridized carbons (Fsp3) is 0.118. The summed E-state index contributed by atoms with van der Waals surface area (Å²) in [7, 11) is 0. The Morgan fingerprint density at radius 1 is 1.16 bits per heavy atom. The van der Waals surface area contributed by atoms with E-state index in [4.69, 9.17) is 0 Å². The van der Waals surface area contributed by atoms with E-state index in [1.165, 1.54) is 0 Å². The van der Waals surface area contributed by atoms with Crippen LogP contribution < -0.4 is 0 Å². The summed E-state index contributed by atoms with van der Waals surface area (Å²) in [4.78, 5) is 11.1. The summed E-state index contributed by atoms with van der Waals surface area (Å²) in [6.45, 7) is 1.98. The predicted octanol–water partition coefficient (Wildman–Crippen LogP) is 3.53. The summed E-state index contributed by atoms with van der Waals surface area (Å²) in [6.07, 6.45) is 3.23. The summed E-state index contributed by atoms with van der Waals surface area (Å²) in [5.74, 6) is 0.264. The van der Waals surface area contributed by atoms with Crippen LogP contribution in [0.15, 0.2) is 54.6 Å². The molecule has 0 atom stereocenters. The molecule has 2 aromatic rings. The van der Waals surface area contributed by atoms with Gasteiger partial charge in [-0.15, -0.1) is 0 Å². The molecule has 0 bridgehead atoms. The molecule has 96 valence electrons. The quantitative estimate of drug-likeness (QED) is 0.667. The number of hydrogen-bond acceptors (Lipinski definition) is 2. The molecule has 0 aliphatic rings. The van der Waals surface area contributed by atoms with Gasteiger partial charge in [-0.1, -0.05) is 54.1 Å². The minimum atomic E-state index is 0.264. The van der Waals surface area contributed by atoms with Crippen molar-refractivity contribution in [2.45, 2.75) is 13.3 Å². The summed E-state index contributed by atoms with van der Waals surface area (Å²) in [5, 5.41) is 9.77. The number of benzene rings is 2. The Hall–Kier alpha value is -2.35. The highest BCUT2D eigenvalue weighted by Crippen LogP contribution is 2.21. The second-order valence-electron chi connectivity index (χ2n) is 4.48. The van der Waals surface area contributed by atoms with Crippen molar-refractivity contribution in [1.29, 1.82) is 0 Å². The van der Waals surface area contributed by atoms with Crippen molar-refractivity contribution in [3.8, 4) is 5.75 Å². The van der Waals surface area contributed by atoms with Gasteiger partial charge in [0.2, 0.25) is 0 Å². The molecule has 1 N–H and O–H groups in total. The van der Waals surface area contributed by atoms with E-state index in [-0.39, 0.29) is 5.75 Å². The maximum absolute atomic E-state index is 11.1. The second-order valence-corrected chi connectivity index (χ2v) is 4.48. The molecule has 0 spiro atoms. The van der Waals surface area contributed by atoms with Gasteiger partial charge in [-0.2, -0.15) is 0 Å². The SMILES string of the molecule is Cc1ccc(O)c(CC=C(C=O)c2ccccc2)c1. The Balaban J connectivity index is 2.25. The van der Waals surface area contributed by atoms with Crippen molar-refractivity contribution in [2.24, 2.45) is 0 Å². The zero-order chi connectivity index (χ0) is 13.7. The largest absolute Gasteiger partial charge is 0.508 e. The molecular formula is C17H16O2. The monoisotopic (exact) mass is 252 g/mol. The summed E-state index contributed by atoms with van der Waals surface area (Å²) < 4.78 is 0. The molecule has 2 aromatic carbocycles. The molecule has 0 aliphatic heterocycles. The topological polar surface area (TPSA) is 37.3 Å². The average Bonchev–Trinajstić information content (AvgIpc) is 2.44. The zero-order valence-electron chi connectivity index (χ0n) is 10.8. The third-order valence-electron chi connectivity index (χ3n) is 3.01. The fourth-order valence-electron chi connectivity index (χ4n) is 1.96. The van der Waals surface area contributed by atoms with Crippen LogP contribution in [0.2, 0.25) is 0 Å². The third-order valence-corrected chi connectivity index (χ3v) is 3.01. The fourth-order valence-corrected chi connectivity index (χ4v) is 1.96. The van der Waals surface area contributed by atoms with Gasteiger partial charge in [-0.25, -0.2) is 0 Å². The molecule has 0 saturated heterocycles. The first-order chi connectivity index (χ1) is 9.20. The molecule has 0 fully saturated rings. The number of carbonyl (C=O) groups excluding carboxylic acids is 1. The number of hydrogen-bond donors (Lipinski definition) is 1. The Morgan fingerprint density at radius 2 is 1.89 bits per heavy atom. The van der Waals surface area contributed by atoms with Crippen LogP contribution in [0.25, 0.3) is 5.57 Å². The van der Waals surface area contributed by atoms with Crippen LogP contribution in [0, 0.1) is 6.92 Å². The number of carbonyl (C=O) groups is 1. The molecule has 0 radical (unpaired) electrons. The highest BCUT2D eigenvalue weighted by Gasteiger charge is 2.02. The van der Waals surface area contributed by atoms with E-state index in [0.29, 0.717) is 12.0 Å². The molecule has 2 heteroatoms. The number of aryl methyl sites for hydroxylation is 1. The van der Waals surface area contributed by atoms with E-state index in [9.17, 15) is 9.90 Å². The number of phenols is 1. The Kier molecular flexibility index (Phi) is 4.14. The second kappa shape index (κ2) is 6.01. The van der Waals surface area contributed by atoms with Crippen molar-refractivity contribution in [3.63, 3.8) is 0 Å². The molecular weight excluding hydrogens is 236 g/mol. The normalized spacial score (nSPS) is 11.3. The van der Waals surface area contributed by atoms with Crippen LogP contribution in [0.4, 0.5) is 0 Å². The number of aromatic hydroxyl groups is 1. The van der Waals surface area contributed by atoms with Crippen LogP contribution in [-0.2, 0) is 11.2 Å². The minimum Gasteiger partial charge on any atom is -0.508 e. The standard InChI is InChI=1S/C17H16O2/c1-13-7-10-17(19)15(11-13)8-9-16(12-18)14-5-3-2-4-6-14/h2-7,9-12,19H,8H2,1H3. The van der Waals surface area contributed by atoms with Gasteiger partial charge in [-0.05, 0) is 30.5 Å². The van der Waals surface area contributed by atoms with Crippen LogP contribution in [0.5, 0.6) is 5.75 Å². The van der Waals surface area contributed by atoms with E-state index >= 15 is 0 Å². The van der Waals surface area contributed by atoms with Crippen LogP contribution in [0.3, 0.4) is 0 Å². The smallest absolute Gasteiger partial charge is 0.150 e. The molecule has 0 saturated carbocycles. The van der Waals surface area contributed by atoms with Crippen molar-refractivity contribution < 1.29 is 9.90 Å². The number of rotatable bonds is 4. The van der Waals surface area contributed by atoms with Gasteiger partial charge in [0, 0.05) is 5.57 Å². The van der Waals surface area contributed by atoms with Crippen molar-refractivity contribution in [2.75, 3.05) is 0 Å². The summed E-state index contributed by atoms with van der Waals surface area (Å²) in [5.41, 5.74) is 3.45. The van der Waals surface area contributed by atoms with E-state index in [1.807, 2.05) is 55.5 Å². The third kappa shape index (κ3) is 3.32. The first-order valence-electron chi connectivity index (χ1n) is 6.20. The molecule has 0 aromatic heterocycles. The van der Waals surface area contributed by atoms with Crippen LogP contribution in [-0.4, -0.2) is 11.4 Å². The average molecular weight is 252 g/mol. The van der Waals surface area contributed by atoms with Gasteiger partial charge in [0.05, 0.1) is 0 Å². The van der Waals surface area contributed by atoms with Gasteiger partial charge < -0.3 is 5.11 Å². The van der Waals surface area contributed by atoms with Crippen molar-refractivity contribution in [3.05, 3.63) is 71.3 Å². The molecule has 0 unspecified atom stereocenters. The van der Waals surface area contributed by atoms with E-state index in [2.05, 4.69) is 0 Å². The maximum Gasteiger partial charge on any atom is 0.150 e. The van der Waals surface area contributed by atoms with Gasteiger partial charge in [0.15, 0.2) is 0 Å². The minimum absolute atomic E-state index is 0.264. The van der Waals surface area contributed by atoms with Crippen LogP contribution in [0.1, 0.15) is 16.7 Å². The number of allylic oxidation sites excluding steroid dienone is 2. The molecule has 0 amide bonds. The Morgan fingerprint density at radius 3 is 2.58 bits per heavy atom. The maximum atomic E-state index is 11.1. The first-order valence-corrected chi connectivity index (χ1v) is 6.20. The van der Waals surface area contributed by atoms with E-state index < -0.39 is 0 Å². The molecule has 2 nitrogen and oxygen atoms in total. The highest BCUT2D eigenvalue weighted by atomic mass is 16.3. The van der Waals surface area contributed by atoms with Gasteiger partial charge in [-0.3, -0.25) is 4.79 Å². The molecule has 2 rings (SSSR count). The molecule has 19 heavy (non-hydrogen) atoms. The molecule has 0 aliphatic carbocycles. The van der Waals surface area contributed by atoms with Crippen molar-refractivity contribution >= 4 is 11.9 Å². The lowest BCUT2D eigenvalue weighted by atomic mass is 10.0. The van der Waals surface area contributed by atoms with E-state index in [1.54, 1.807) is 6.07 Å².